The molecule has 0 aliphatic carbocycles. The summed E-state index contributed by atoms with van der Waals surface area (Å²) in [4.78, 5) is 0. The number of benzene rings is 1. The predicted molar refractivity (Wildman–Crippen MR) is 52.2 cm³/mol. The summed E-state index contributed by atoms with van der Waals surface area (Å²) in [6.07, 6.45) is 0. The number of halogens is 4. The van der Waals surface area contributed by atoms with E-state index in [-0.39, 0.29) is 12.7 Å². The van der Waals surface area contributed by atoms with Crippen LogP contribution in [0.2, 0.25) is 0 Å². The third-order valence-corrected chi connectivity index (χ3v) is 2.19. The molecule has 16 heavy (non-hydrogen) atoms. The SMILES string of the molecule is Cc1ccccc1OC(F)(CF)C(C)(F)F. The summed E-state index contributed by atoms with van der Waals surface area (Å²) in [6, 6.07) is 6.00. The third kappa shape index (κ3) is 2.46. The van der Waals surface area contributed by atoms with E-state index in [0.29, 0.717) is 5.56 Å². The van der Waals surface area contributed by atoms with Crippen LogP contribution in [0, 0.1) is 6.92 Å². The molecule has 5 heteroatoms. The zero-order valence-corrected chi connectivity index (χ0v) is 8.94. The molecule has 0 N–H and O–H groups in total. The number of hydrogen-bond acceptors (Lipinski definition) is 1. The Balaban J connectivity index is 2.99. The highest BCUT2D eigenvalue weighted by Gasteiger charge is 2.54. The van der Waals surface area contributed by atoms with Gasteiger partial charge in [0.1, 0.15) is 5.75 Å². The van der Waals surface area contributed by atoms with E-state index in [1.165, 1.54) is 12.1 Å². The van der Waals surface area contributed by atoms with Crippen LogP contribution >= 0.6 is 0 Å². The first-order valence-corrected chi connectivity index (χ1v) is 4.67. The van der Waals surface area contributed by atoms with Crippen LogP contribution in [0.4, 0.5) is 17.6 Å². The Bertz CT molecular complexity index is 361. The Kier molecular flexibility index (Phi) is 3.45. The summed E-state index contributed by atoms with van der Waals surface area (Å²) in [7, 11) is 0. The molecule has 0 saturated carbocycles. The van der Waals surface area contributed by atoms with Crippen molar-refractivity contribution in [2.24, 2.45) is 0 Å². The number of para-hydroxylation sites is 1. The molecular formula is C11H12F4O. The normalized spacial score (nSPS) is 15.6. The molecule has 0 amide bonds. The van der Waals surface area contributed by atoms with E-state index in [4.69, 9.17) is 0 Å². The van der Waals surface area contributed by atoms with Gasteiger partial charge in [0.2, 0.25) is 0 Å². The van der Waals surface area contributed by atoms with Gasteiger partial charge in [-0.15, -0.1) is 0 Å². The summed E-state index contributed by atoms with van der Waals surface area (Å²) >= 11 is 0. The number of ether oxygens (including phenoxy) is 1. The molecule has 0 fully saturated rings. The van der Waals surface area contributed by atoms with E-state index < -0.39 is 18.5 Å². The van der Waals surface area contributed by atoms with Crippen molar-refractivity contribution in [3.8, 4) is 5.75 Å². The average Bonchev–Trinajstić information content (AvgIpc) is 2.19. The van der Waals surface area contributed by atoms with E-state index in [1.54, 1.807) is 19.1 Å². The molecule has 1 aromatic carbocycles. The molecule has 0 aliphatic heterocycles. The standard InChI is InChI=1S/C11H12F4O/c1-8-5-3-4-6-9(8)16-11(15,7-12)10(2,13)14/h3-6H,7H2,1-2H3. The summed E-state index contributed by atoms with van der Waals surface area (Å²) in [6.45, 7) is -0.0719. The van der Waals surface area contributed by atoms with E-state index in [0.717, 1.165) is 0 Å². The van der Waals surface area contributed by atoms with Gasteiger partial charge in [0.05, 0.1) is 0 Å². The molecule has 1 nitrogen and oxygen atoms in total. The molecule has 1 aromatic rings. The molecule has 0 aliphatic rings. The Labute approximate surface area is 91.0 Å². The van der Waals surface area contributed by atoms with Gasteiger partial charge in [-0.2, -0.15) is 13.2 Å². The minimum Gasteiger partial charge on any atom is -0.450 e. The number of hydrogen-bond donors (Lipinski definition) is 0. The van der Waals surface area contributed by atoms with Crippen LogP contribution in [0.5, 0.6) is 5.75 Å². The van der Waals surface area contributed by atoms with Crippen LogP contribution < -0.4 is 4.74 Å². The van der Waals surface area contributed by atoms with Crippen molar-refractivity contribution in [3.63, 3.8) is 0 Å². The lowest BCUT2D eigenvalue weighted by Crippen LogP contribution is -2.49. The maximum Gasteiger partial charge on any atom is 0.339 e. The molecule has 0 aromatic heterocycles. The molecule has 90 valence electrons. The van der Waals surface area contributed by atoms with Gasteiger partial charge in [0.25, 0.3) is 0 Å². The van der Waals surface area contributed by atoms with Crippen LogP contribution in [0.3, 0.4) is 0 Å². The smallest absolute Gasteiger partial charge is 0.339 e. The van der Waals surface area contributed by atoms with Crippen molar-refractivity contribution in [1.82, 2.24) is 0 Å². The fourth-order valence-electron chi connectivity index (χ4n) is 1.08. The van der Waals surface area contributed by atoms with E-state index in [1.807, 2.05) is 0 Å². The van der Waals surface area contributed by atoms with Gasteiger partial charge in [-0.1, -0.05) is 18.2 Å². The van der Waals surface area contributed by atoms with E-state index in [9.17, 15) is 17.6 Å². The number of alkyl halides is 4. The monoisotopic (exact) mass is 236 g/mol. The zero-order valence-electron chi connectivity index (χ0n) is 8.94. The summed E-state index contributed by atoms with van der Waals surface area (Å²) < 4.78 is 56.1. The summed E-state index contributed by atoms with van der Waals surface area (Å²) in [5, 5.41) is 0. The summed E-state index contributed by atoms with van der Waals surface area (Å²) in [5.41, 5.74) is 0.460. The van der Waals surface area contributed by atoms with E-state index in [2.05, 4.69) is 4.74 Å². The van der Waals surface area contributed by atoms with Crippen LogP contribution in [0.25, 0.3) is 0 Å². The number of rotatable bonds is 4. The lowest BCUT2D eigenvalue weighted by molar-refractivity contribution is -0.233. The molecule has 0 saturated heterocycles. The van der Waals surface area contributed by atoms with Crippen molar-refractivity contribution in [2.45, 2.75) is 25.6 Å². The van der Waals surface area contributed by atoms with Crippen molar-refractivity contribution in [3.05, 3.63) is 29.8 Å². The van der Waals surface area contributed by atoms with Crippen LogP contribution in [0.15, 0.2) is 24.3 Å². The molecule has 1 atom stereocenters. The first-order valence-electron chi connectivity index (χ1n) is 4.67. The van der Waals surface area contributed by atoms with Gasteiger partial charge in [0, 0.05) is 6.92 Å². The largest absolute Gasteiger partial charge is 0.450 e. The van der Waals surface area contributed by atoms with Gasteiger partial charge in [0.15, 0.2) is 6.67 Å². The van der Waals surface area contributed by atoms with Crippen molar-refractivity contribution < 1.29 is 22.3 Å². The second-order valence-electron chi connectivity index (χ2n) is 3.62. The maximum atomic E-state index is 13.5. The van der Waals surface area contributed by atoms with Crippen LogP contribution in [-0.4, -0.2) is 18.5 Å². The van der Waals surface area contributed by atoms with Crippen molar-refractivity contribution in [2.75, 3.05) is 6.67 Å². The van der Waals surface area contributed by atoms with Crippen LogP contribution in [0.1, 0.15) is 12.5 Å². The highest BCUT2D eigenvalue weighted by molar-refractivity contribution is 5.32. The van der Waals surface area contributed by atoms with Gasteiger partial charge >= 0.3 is 11.8 Å². The Hall–Kier alpha value is -1.26. The second kappa shape index (κ2) is 4.31. The third-order valence-electron chi connectivity index (χ3n) is 2.19. The Morgan fingerprint density at radius 2 is 1.75 bits per heavy atom. The summed E-state index contributed by atoms with van der Waals surface area (Å²) in [5.74, 6) is -7.63. The molecule has 1 rings (SSSR count). The van der Waals surface area contributed by atoms with Gasteiger partial charge in [-0.25, -0.2) is 4.39 Å². The first kappa shape index (κ1) is 12.8. The quantitative estimate of drug-likeness (QED) is 0.725. The second-order valence-corrected chi connectivity index (χ2v) is 3.62. The van der Waals surface area contributed by atoms with E-state index >= 15 is 0 Å². The molecule has 0 spiro atoms. The topological polar surface area (TPSA) is 9.23 Å². The molecule has 0 bridgehead atoms. The Morgan fingerprint density at radius 1 is 1.19 bits per heavy atom. The predicted octanol–water partition coefficient (Wildman–Crippen LogP) is 3.66. The van der Waals surface area contributed by atoms with Crippen molar-refractivity contribution >= 4 is 0 Å². The van der Waals surface area contributed by atoms with Gasteiger partial charge in [-0.05, 0) is 18.6 Å². The first-order chi connectivity index (χ1) is 7.30. The number of aryl methyl sites for hydroxylation is 1. The Morgan fingerprint density at radius 3 is 2.19 bits per heavy atom. The maximum absolute atomic E-state index is 13.5. The molecule has 0 radical (unpaired) electrons. The zero-order chi connectivity index (χ0) is 12.4. The lowest BCUT2D eigenvalue weighted by atomic mass is 10.1. The van der Waals surface area contributed by atoms with Crippen LogP contribution in [-0.2, 0) is 0 Å². The van der Waals surface area contributed by atoms with Gasteiger partial charge < -0.3 is 4.74 Å². The molecule has 1 unspecified atom stereocenters. The molecule has 0 heterocycles. The highest BCUT2D eigenvalue weighted by Crippen LogP contribution is 2.35. The molecular weight excluding hydrogens is 224 g/mol. The highest BCUT2D eigenvalue weighted by atomic mass is 19.3. The minimum absolute atomic E-state index is 0.0934. The van der Waals surface area contributed by atoms with Gasteiger partial charge in [-0.3, -0.25) is 0 Å². The minimum atomic E-state index is -3.91. The fourth-order valence-corrected chi connectivity index (χ4v) is 1.08. The van der Waals surface area contributed by atoms with Crippen molar-refractivity contribution in [1.29, 1.82) is 0 Å². The lowest BCUT2D eigenvalue weighted by Gasteiger charge is -2.29. The fraction of sp³-hybridized carbons (Fsp3) is 0.455. The average molecular weight is 236 g/mol.